The number of rotatable bonds is 5. The zero-order valence-corrected chi connectivity index (χ0v) is 11.3. The molecule has 0 saturated heterocycles. The van der Waals surface area contributed by atoms with Crippen LogP contribution in [0.1, 0.15) is 25.8 Å². The molecule has 18 heavy (non-hydrogen) atoms. The number of aliphatic hydroxyl groups excluding tert-OH is 1. The van der Waals surface area contributed by atoms with Gasteiger partial charge in [-0.2, -0.15) is 0 Å². The van der Waals surface area contributed by atoms with Crippen LogP contribution in [0, 0.1) is 0 Å². The molecule has 100 valence electrons. The van der Waals surface area contributed by atoms with E-state index >= 15 is 0 Å². The van der Waals surface area contributed by atoms with Crippen LogP contribution in [0.25, 0.3) is 0 Å². The number of nitrogens with zero attached hydrogens (tertiary/aromatic N) is 1. The Balaban J connectivity index is 2.82. The molecule has 0 heterocycles. The summed E-state index contributed by atoms with van der Waals surface area (Å²) in [4.78, 5) is 12.2. The lowest BCUT2D eigenvalue weighted by Crippen LogP contribution is -2.46. The number of halogens is 1. The van der Waals surface area contributed by atoms with Crippen molar-refractivity contribution < 1.29 is 15.0 Å². The number of carboxylic acid groups (broad SMARTS) is 1. The minimum Gasteiger partial charge on any atom is -0.465 e. The molecule has 2 atom stereocenters. The number of hydrogen-bond acceptors (Lipinski definition) is 2. The molecule has 0 aliphatic carbocycles. The normalized spacial score (nSPS) is 14.0. The quantitative estimate of drug-likeness (QED) is 0.810. The molecular weight excluding hydrogens is 254 g/mol. The highest BCUT2D eigenvalue weighted by atomic mass is 35.5. The maximum absolute atomic E-state index is 11.1. The largest absolute Gasteiger partial charge is 0.465 e. The number of benzene rings is 1. The summed E-state index contributed by atoms with van der Waals surface area (Å²) < 4.78 is 0. The van der Waals surface area contributed by atoms with Crippen LogP contribution >= 0.6 is 11.6 Å². The summed E-state index contributed by atoms with van der Waals surface area (Å²) in [6, 6.07) is 6.97. The molecule has 0 aromatic heterocycles. The maximum Gasteiger partial charge on any atom is 0.409 e. The summed E-state index contributed by atoms with van der Waals surface area (Å²) in [5.41, 5.74) is 0.876. The Morgan fingerprint density at radius 1 is 1.44 bits per heavy atom. The lowest BCUT2D eigenvalue weighted by atomic mass is 10.1. The molecule has 0 aliphatic rings. The van der Waals surface area contributed by atoms with Gasteiger partial charge in [0.2, 0.25) is 0 Å². The van der Waals surface area contributed by atoms with Gasteiger partial charge in [-0.3, -0.25) is 4.90 Å². The Hall–Kier alpha value is -1.26. The summed E-state index contributed by atoms with van der Waals surface area (Å²) in [6.07, 6.45) is -1.27. The van der Waals surface area contributed by atoms with E-state index in [0.717, 1.165) is 10.5 Å². The van der Waals surface area contributed by atoms with Crippen molar-refractivity contribution in [3.05, 3.63) is 34.9 Å². The smallest absolute Gasteiger partial charge is 0.409 e. The molecule has 0 radical (unpaired) electrons. The van der Waals surface area contributed by atoms with E-state index in [9.17, 15) is 9.90 Å². The van der Waals surface area contributed by atoms with Gasteiger partial charge in [-0.1, -0.05) is 36.7 Å². The van der Waals surface area contributed by atoms with Gasteiger partial charge in [0, 0.05) is 11.1 Å². The highest BCUT2D eigenvalue weighted by molar-refractivity contribution is 6.31. The molecule has 2 N–H and O–H groups in total. The molecule has 0 saturated carbocycles. The number of hydrogen-bond donors (Lipinski definition) is 2. The fraction of sp³-hybridized carbons (Fsp3) is 0.462. The average Bonchev–Trinajstić information content (AvgIpc) is 2.31. The number of aliphatic hydroxyl groups is 1. The maximum atomic E-state index is 11.1. The predicted molar refractivity (Wildman–Crippen MR) is 70.8 cm³/mol. The molecule has 0 spiro atoms. The second-order valence-electron chi connectivity index (χ2n) is 4.22. The van der Waals surface area contributed by atoms with Gasteiger partial charge in [0.15, 0.2) is 0 Å². The lowest BCUT2D eigenvalue weighted by molar-refractivity contribution is -0.00989. The number of amides is 1. The molecule has 5 heteroatoms. The van der Waals surface area contributed by atoms with Crippen LogP contribution in [-0.2, 0) is 6.42 Å². The van der Waals surface area contributed by atoms with E-state index in [4.69, 9.17) is 16.7 Å². The first-order valence-electron chi connectivity index (χ1n) is 5.90. The van der Waals surface area contributed by atoms with Gasteiger partial charge in [-0.15, -0.1) is 0 Å². The van der Waals surface area contributed by atoms with E-state index < -0.39 is 12.3 Å². The second kappa shape index (κ2) is 6.61. The summed E-state index contributed by atoms with van der Waals surface area (Å²) >= 11 is 6.04. The summed E-state index contributed by atoms with van der Waals surface area (Å²) in [5, 5.41) is 19.5. The monoisotopic (exact) mass is 271 g/mol. The molecule has 0 unspecified atom stereocenters. The van der Waals surface area contributed by atoms with Crippen molar-refractivity contribution in [1.82, 2.24) is 4.90 Å². The van der Waals surface area contributed by atoms with Gasteiger partial charge in [-0.05, 0) is 31.4 Å². The Bertz CT molecular complexity index is 411. The molecule has 1 amide bonds. The van der Waals surface area contributed by atoms with Gasteiger partial charge in [0.05, 0.1) is 0 Å². The highest BCUT2D eigenvalue weighted by Crippen LogP contribution is 2.19. The first-order chi connectivity index (χ1) is 8.47. The van der Waals surface area contributed by atoms with E-state index in [1.54, 1.807) is 19.9 Å². The first kappa shape index (κ1) is 14.8. The van der Waals surface area contributed by atoms with Gasteiger partial charge >= 0.3 is 6.09 Å². The molecule has 1 rings (SSSR count). The molecule has 1 aromatic carbocycles. The Kier molecular flexibility index (Phi) is 5.44. The van der Waals surface area contributed by atoms with Crippen molar-refractivity contribution in [2.24, 2.45) is 0 Å². The standard InChI is InChI=1S/C13H18ClNO3/c1-3-12(16)15(13(17)18)9(2)8-10-6-4-5-7-11(10)14/h4-7,9,12,16H,3,8H2,1-2H3,(H,17,18)/t9-,12-/m0/s1. The molecule has 0 aliphatic heterocycles. The average molecular weight is 272 g/mol. The Morgan fingerprint density at radius 3 is 2.56 bits per heavy atom. The van der Waals surface area contributed by atoms with Crippen LogP contribution in [-0.4, -0.2) is 33.5 Å². The minimum atomic E-state index is -1.12. The van der Waals surface area contributed by atoms with Gasteiger partial charge in [0.1, 0.15) is 6.23 Å². The fourth-order valence-corrected chi connectivity index (χ4v) is 2.10. The van der Waals surface area contributed by atoms with Gasteiger partial charge < -0.3 is 10.2 Å². The van der Waals surface area contributed by atoms with Gasteiger partial charge in [0.25, 0.3) is 0 Å². The van der Waals surface area contributed by atoms with Crippen LogP contribution in [0.2, 0.25) is 5.02 Å². The molecule has 0 fully saturated rings. The third-order valence-corrected chi connectivity index (χ3v) is 3.22. The van der Waals surface area contributed by atoms with E-state index in [0.29, 0.717) is 17.9 Å². The molecular formula is C13H18ClNO3. The fourth-order valence-electron chi connectivity index (χ4n) is 1.89. The first-order valence-corrected chi connectivity index (χ1v) is 6.27. The van der Waals surface area contributed by atoms with Crippen LogP contribution in [0.3, 0.4) is 0 Å². The van der Waals surface area contributed by atoms with Crippen molar-refractivity contribution in [2.45, 2.75) is 39.0 Å². The van der Waals surface area contributed by atoms with Crippen LogP contribution in [0.4, 0.5) is 4.79 Å². The van der Waals surface area contributed by atoms with Crippen LogP contribution in [0.15, 0.2) is 24.3 Å². The van der Waals surface area contributed by atoms with Crippen molar-refractivity contribution in [3.8, 4) is 0 Å². The zero-order valence-electron chi connectivity index (χ0n) is 10.5. The van der Waals surface area contributed by atoms with Crippen LogP contribution in [0.5, 0.6) is 0 Å². The highest BCUT2D eigenvalue weighted by Gasteiger charge is 2.25. The lowest BCUT2D eigenvalue weighted by Gasteiger charge is -2.30. The Morgan fingerprint density at radius 2 is 2.06 bits per heavy atom. The summed E-state index contributed by atoms with van der Waals surface area (Å²) in [7, 11) is 0. The SMILES string of the molecule is CC[C@H](O)N(C(=O)O)[C@@H](C)Cc1ccccc1Cl. The summed E-state index contributed by atoms with van der Waals surface area (Å²) in [5.74, 6) is 0. The van der Waals surface area contributed by atoms with Crippen molar-refractivity contribution in [1.29, 1.82) is 0 Å². The van der Waals surface area contributed by atoms with Crippen molar-refractivity contribution >= 4 is 17.7 Å². The van der Waals surface area contributed by atoms with Crippen LogP contribution < -0.4 is 0 Å². The minimum absolute atomic E-state index is 0.336. The van der Waals surface area contributed by atoms with E-state index in [-0.39, 0.29) is 6.04 Å². The molecule has 0 bridgehead atoms. The summed E-state index contributed by atoms with van der Waals surface area (Å²) in [6.45, 7) is 3.50. The third-order valence-electron chi connectivity index (χ3n) is 2.86. The van der Waals surface area contributed by atoms with E-state index in [1.165, 1.54) is 0 Å². The second-order valence-corrected chi connectivity index (χ2v) is 4.63. The Labute approximate surface area is 112 Å². The van der Waals surface area contributed by atoms with Crippen molar-refractivity contribution in [3.63, 3.8) is 0 Å². The number of carbonyl (C=O) groups is 1. The van der Waals surface area contributed by atoms with Crippen molar-refractivity contribution in [2.75, 3.05) is 0 Å². The topological polar surface area (TPSA) is 60.8 Å². The van der Waals surface area contributed by atoms with E-state index in [1.807, 2.05) is 18.2 Å². The third kappa shape index (κ3) is 3.62. The molecule has 1 aromatic rings. The zero-order chi connectivity index (χ0) is 13.7. The predicted octanol–water partition coefficient (Wildman–Crippen LogP) is 2.98. The van der Waals surface area contributed by atoms with Gasteiger partial charge in [-0.25, -0.2) is 4.79 Å². The molecule has 4 nitrogen and oxygen atoms in total. The van der Waals surface area contributed by atoms with E-state index in [2.05, 4.69) is 0 Å².